The van der Waals surface area contributed by atoms with Gasteiger partial charge < -0.3 is 16.6 Å². The second-order valence-electron chi connectivity index (χ2n) is 4.38. The van der Waals surface area contributed by atoms with Crippen LogP contribution in [0.4, 0.5) is 0 Å². The number of benzene rings is 2. The van der Waals surface area contributed by atoms with Gasteiger partial charge in [-0.05, 0) is 29.3 Å². The number of hydrogen-bond acceptors (Lipinski definition) is 3. The number of rotatable bonds is 4. The third-order valence-corrected chi connectivity index (χ3v) is 3.04. The Balaban J connectivity index is 2.53. The van der Waals surface area contributed by atoms with E-state index in [4.69, 9.17) is 16.9 Å². The average molecular weight is 257 g/mol. The molecule has 1 amide bonds. The lowest BCUT2D eigenvalue weighted by atomic mass is 9.98. The summed E-state index contributed by atoms with van der Waals surface area (Å²) in [5.41, 5.74) is 11.9. The van der Waals surface area contributed by atoms with Gasteiger partial charge in [-0.25, -0.2) is 0 Å². The van der Waals surface area contributed by atoms with Gasteiger partial charge in [0.2, 0.25) is 5.91 Å². The summed E-state index contributed by atoms with van der Waals surface area (Å²) in [6.07, 6.45) is 0.569. The highest BCUT2D eigenvalue weighted by Crippen LogP contribution is 2.29. The molecule has 0 spiro atoms. The summed E-state index contributed by atoms with van der Waals surface area (Å²) in [5, 5.41) is 19.0. The van der Waals surface area contributed by atoms with E-state index >= 15 is 0 Å². The lowest BCUT2D eigenvalue weighted by Gasteiger charge is -2.09. The molecule has 0 unspecified atom stereocenters. The zero-order valence-corrected chi connectivity index (χ0v) is 10.3. The van der Waals surface area contributed by atoms with E-state index in [1.165, 1.54) is 0 Å². The Morgan fingerprint density at radius 3 is 2.58 bits per heavy atom. The van der Waals surface area contributed by atoms with Crippen molar-refractivity contribution >= 4 is 22.5 Å². The van der Waals surface area contributed by atoms with Gasteiger partial charge >= 0.3 is 0 Å². The first-order valence-electron chi connectivity index (χ1n) is 5.86. The molecule has 0 saturated heterocycles. The number of amides is 1. The summed E-state index contributed by atoms with van der Waals surface area (Å²) >= 11 is 0. The van der Waals surface area contributed by atoms with Crippen LogP contribution in [0.2, 0.25) is 0 Å². The van der Waals surface area contributed by atoms with E-state index in [0.717, 1.165) is 10.8 Å². The summed E-state index contributed by atoms with van der Waals surface area (Å²) in [6, 6.07) is 8.62. The standard InChI is InChI=1S/C14H15N3O2/c15-13(19)6-4-11-10-3-1-9(14(16)17)7-8(10)2-5-12(11)18/h1-3,5,7,18H,4,6H2,(H2,15,19)(H3,16,17). The lowest BCUT2D eigenvalue weighted by molar-refractivity contribution is -0.117. The number of hydrogen-bond donors (Lipinski definition) is 4. The second kappa shape index (κ2) is 4.97. The molecule has 0 aliphatic carbocycles. The second-order valence-corrected chi connectivity index (χ2v) is 4.38. The van der Waals surface area contributed by atoms with Crippen molar-refractivity contribution in [2.24, 2.45) is 11.5 Å². The van der Waals surface area contributed by atoms with E-state index in [9.17, 15) is 9.90 Å². The first-order valence-corrected chi connectivity index (χ1v) is 5.86. The van der Waals surface area contributed by atoms with Crippen molar-refractivity contribution in [3.63, 3.8) is 0 Å². The van der Waals surface area contributed by atoms with Gasteiger partial charge in [-0.15, -0.1) is 0 Å². The van der Waals surface area contributed by atoms with Gasteiger partial charge in [0.15, 0.2) is 0 Å². The van der Waals surface area contributed by atoms with Crippen LogP contribution in [-0.2, 0) is 11.2 Å². The Morgan fingerprint density at radius 2 is 1.95 bits per heavy atom. The number of nitrogens with one attached hydrogen (secondary N) is 1. The molecule has 0 radical (unpaired) electrons. The maximum absolute atomic E-state index is 10.9. The molecule has 2 rings (SSSR count). The SMILES string of the molecule is N=C(N)c1ccc2c(CCC(N)=O)c(O)ccc2c1. The maximum Gasteiger partial charge on any atom is 0.217 e. The Morgan fingerprint density at radius 1 is 1.21 bits per heavy atom. The molecule has 5 heteroatoms. The molecule has 5 nitrogen and oxygen atoms in total. The fraction of sp³-hybridized carbons (Fsp3) is 0.143. The van der Waals surface area contributed by atoms with Gasteiger partial charge in [0, 0.05) is 17.5 Å². The van der Waals surface area contributed by atoms with E-state index < -0.39 is 5.91 Å². The number of fused-ring (bicyclic) bond motifs is 1. The number of carbonyl (C=O) groups excluding carboxylic acids is 1. The average Bonchev–Trinajstić information content (AvgIpc) is 2.36. The zero-order valence-electron chi connectivity index (χ0n) is 10.3. The first kappa shape index (κ1) is 12.9. The van der Waals surface area contributed by atoms with Gasteiger partial charge in [0.25, 0.3) is 0 Å². The van der Waals surface area contributed by atoms with Gasteiger partial charge in [-0.2, -0.15) is 0 Å². The molecule has 0 saturated carbocycles. The number of primary amides is 1. The number of carbonyl (C=O) groups is 1. The van der Waals surface area contributed by atoms with E-state index in [1.807, 2.05) is 0 Å². The van der Waals surface area contributed by atoms with Gasteiger partial charge in [0.1, 0.15) is 11.6 Å². The van der Waals surface area contributed by atoms with Gasteiger partial charge in [-0.3, -0.25) is 10.2 Å². The molecule has 0 aromatic heterocycles. The largest absolute Gasteiger partial charge is 0.508 e. The van der Waals surface area contributed by atoms with Crippen LogP contribution >= 0.6 is 0 Å². The Labute approximate surface area is 110 Å². The summed E-state index contributed by atoms with van der Waals surface area (Å²) in [6.45, 7) is 0. The highest BCUT2D eigenvalue weighted by molar-refractivity contribution is 6.00. The quantitative estimate of drug-likeness (QED) is 0.488. The topological polar surface area (TPSA) is 113 Å². The number of aryl methyl sites for hydroxylation is 1. The van der Waals surface area contributed by atoms with Crippen molar-refractivity contribution in [3.05, 3.63) is 41.5 Å². The Kier molecular flexibility index (Phi) is 3.37. The number of phenols is 1. The third-order valence-electron chi connectivity index (χ3n) is 3.04. The maximum atomic E-state index is 10.9. The van der Waals surface area contributed by atoms with Crippen LogP contribution < -0.4 is 11.5 Å². The van der Waals surface area contributed by atoms with Crippen LogP contribution in [0.3, 0.4) is 0 Å². The fourth-order valence-electron chi connectivity index (χ4n) is 2.06. The van der Waals surface area contributed by atoms with E-state index in [2.05, 4.69) is 0 Å². The van der Waals surface area contributed by atoms with E-state index in [1.54, 1.807) is 30.3 Å². The molecule has 2 aromatic rings. The number of phenolic OH excluding ortho intramolecular Hbond substituents is 1. The van der Waals surface area contributed by atoms with Crippen LogP contribution in [-0.4, -0.2) is 16.8 Å². The molecular formula is C14H15N3O2. The molecule has 0 heterocycles. The summed E-state index contributed by atoms with van der Waals surface area (Å²) < 4.78 is 0. The van der Waals surface area contributed by atoms with Crippen molar-refractivity contribution in [3.8, 4) is 5.75 Å². The molecule has 0 aliphatic heterocycles. The zero-order chi connectivity index (χ0) is 14.0. The monoisotopic (exact) mass is 257 g/mol. The summed E-state index contributed by atoms with van der Waals surface area (Å²) in [7, 11) is 0. The number of amidine groups is 1. The van der Waals surface area contributed by atoms with E-state index in [-0.39, 0.29) is 18.0 Å². The van der Waals surface area contributed by atoms with Crippen LogP contribution in [0.5, 0.6) is 5.75 Å². The van der Waals surface area contributed by atoms with Crippen LogP contribution in [0, 0.1) is 5.41 Å². The van der Waals surface area contributed by atoms with Crippen molar-refractivity contribution in [2.75, 3.05) is 0 Å². The molecule has 0 aliphatic rings. The molecule has 6 N–H and O–H groups in total. The van der Waals surface area contributed by atoms with Crippen molar-refractivity contribution in [1.82, 2.24) is 0 Å². The molecule has 0 bridgehead atoms. The van der Waals surface area contributed by atoms with Crippen LogP contribution in [0.25, 0.3) is 10.8 Å². The smallest absolute Gasteiger partial charge is 0.217 e. The molecule has 0 fully saturated rings. The minimum atomic E-state index is -0.406. The first-order chi connectivity index (χ1) is 8.99. The summed E-state index contributed by atoms with van der Waals surface area (Å²) in [5.74, 6) is -0.269. The minimum Gasteiger partial charge on any atom is -0.508 e. The van der Waals surface area contributed by atoms with Gasteiger partial charge in [-0.1, -0.05) is 18.2 Å². The Bertz CT molecular complexity index is 665. The highest BCUT2D eigenvalue weighted by Gasteiger charge is 2.09. The molecular weight excluding hydrogens is 242 g/mol. The lowest BCUT2D eigenvalue weighted by Crippen LogP contribution is -2.12. The third kappa shape index (κ3) is 2.65. The molecule has 98 valence electrons. The summed E-state index contributed by atoms with van der Waals surface area (Å²) in [4.78, 5) is 10.9. The number of aromatic hydroxyl groups is 1. The van der Waals surface area contributed by atoms with Gasteiger partial charge in [0.05, 0.1) is 0 Å². The minimum absolute atomic E-state index is 0.00587. The molecule has 2 aromatic carbocycles. The molecule has 0 atom stereocenters. The fourth-order valence-corrected chi connectivity index (χ4v) is 2.06. The number of nitrogens with two attached hydrogens (primary N) is 2. The van der Waals surface area contributed by atoms with Crippen molar-refractivity contribution < 1.29 is 9.90 Å². The Hall–Kier alpha value is -2.56. The van der Waals surface area contributed by atoms with Crippen molar-refractivity contribution in [1.29, 1.82) is 5.41 Å². The van der Waals surface area contributed by atoms with Crippen LogP contribution in [0.1, 0.15) is 17.5 Å². The normalized spacial score (nSPS) is 10.5. The number of nitrogen functional groups attached to an aromatic ring is 1. The predicted molar refractivity (Wildman–Crippen MR) is 74.1 cm³/mol. The van der Waals surface area contributed by atoms with Crippen LogP contribution in [0.15, 0.2) is 30.3 Å². The highest BCUT2D eigenvalue weighted by atomic mass is 16.3. The predicted octanol–water partition coefficient (Wildman–Crippen LogP) is 1.25. The molecule has 19 heavy (non-hydrogen) atoms. The van der Waals surface area contributed by atoms with Crippen molar-refractivity contribution in [2.45, 2.75) is 12.8 Å². The van der Waals surface area contributed by atoms with E-state index in [0.29, 0.717) is 17.5 Å².